The van der Waals surface area contributed by atoms with Crippen LogP contribution in [0.3, 0.4) is 0 Å². The number of fused-ring (bicyclic) bond motifs is 6. The largest absolute Gasteiger partial charge is 0.299 e. The summed E-state index contributed by atoms with van der Waals surface area (Å²) in [5, 5.41) is 10.7. The van der Waals surface area contributed by atoms with Crippen LogP contribution >= 0.6 is 0 Å². The number of hydrogen-bond acceptors (Lipinski definition) is 1. The highest BCUT2D eigenvalue weighted by Gasteiger charge is 2.58. The Kier molecular flexibility index (Phi) is 8.61. The van der Waals surface area contributed by atoms with E-state index in [1.54, 1.807) is 22.3 Å². The van der Waals surface area contributed by atoms with Crippen molar-refractivity contribution in [2.75, 3.05) is 0 Å². The zero-order valence-corrected chi connectivity index (χ0v) is 32.8. The van der Waals surface area contributed by atoms with Crippen molar-refractivity contribution in [2.24, 2.45) is 23.7 Å². The third-order valence-electron chi connectivity index (χ3n) is 14.7. The summed E-state index contributed by atoms with van der Waals surface area (Å²) in [4.78, 5) is 13.3. The first-order chi connectivity index (χ1) is 28.1. The molecule has 0 aliphatic heterocycles. The van der Waals surface area contributed by atoms with Gasteiger partial charge in [-0.3, -0.25) is 4.79 Å². The molecule has 2 fully saturated rings. The molecule has 0 heterocycles. The van der Waals surface area contributed by atoms with Crippen LogP contribution in [0.15, 0.2) is 158 Å². The van der Waals surface area contributed by atoms with Crippen LogP contribution in [-0.4, -0.2) is 5.78 Å². The number of carbonyl (C=O) groups is 1. The molecule has 8 aromatic rings. The van der Waals surface area contributed by atoms with Crippen molar-refractivity contribution in [2.45, 2.75) is 69.6 Å². The van der Waals surface area contributed by atoms with E-state index < -0.39 is 0 Å². The lowest BCUT2D eigenvalue weighted by Gasteiger charge is -2.43. The monoisotopic (exact) mass is 738 g/mol. The van der Waals surface area contributed by atoms with Crippen LogP contribution in [0.2, 0.25) is 0 Å². The van der Waals surface area contributed by atoms with E-state index in [-0.39, 0.29) is 17.3 Å². The Labute approximate surface area is 336 Å². The fourth-order valence-corrected chi connectivity index (χ4v) is 12.1. The number of ketones is 1. The third kappa shape index (κ3) is 6.01. The van der Waals surface area contributed by atoms with Gasteiger partial charge in [-0.15, -0.1) is 0 Å². The number of hydrogen-bond donors (Lipinski definition) is 0. The van der Waals surface area contributed by atoms with Crippen molar-refractivity contribution in [3.63, 3.8) is 0 Å². The third-order valence-corrected chi connectivity index (χ3v) is 14.7. The van der Waals surface area contributed by atoms with Gasteiger partial charge in [0.1, 0.15) is 5.78 Å². The van der Waals surface area contributed by atoms with Gasteiger partial charge in [0, 0.05) is 17.3 Å². The van der Waals surface area contributed by atoms with Gasteiger partial charge in [-0.2, -0.15) is 0 Å². The van der Waals surface area contributed by atoms with Crippen molar-refractivity contribution in [3.8, 4) is 0 Å². The van der Waals surface area contributed by atoms with Crippen LogP contribution in [0.4, 0.5) is 0 Å². The predicted octanol–water partition coefficient (Wildman–Crippen LogP) is 13.6. The van der Waals surface area contributed by atoms with Gasteiger partial charge in [0.25, 0.3) is 0 Å². The van der Waals surface area contributed by atoms with Gasteiger partial charge in [-0.1, -0.05) is 158 Å². The molecule has 57 heavy (non-hydrogen) atoms. The molecule has 4 atom stereocenters. The average Bonchev–Trinajstić information content (AvgIpc) is 3.76. The summed E-state index contributed by atoms with van der Waals surface area (Å²) in [5.41, 5.74) is 9.40. The SMILES string of the molecule is O=C1[C@H](Cc2ccc3ccccc3c2)CCC[C@H]1Cc1ccc2ccccc2c1.c1ccc2cc3c(cc2c1)C[C@@H]1CCC[C@H]2Cc4cc5ccccc5cc4C312. The predicted molar refractivity (Wildman–Crippen MR) is 238 cm³/mol. The Bertz CT molecular complexity index is 2630. The highest BCUT2D eigenvalue weighted by molar-refractivity contribution is 5.89. The zero-order chi connectivity index (χ0) is 37.9. The van der Waals surface area contributed by atoms with E-state index in [1.165, 1.54) is 86.3 Å². The Hall–Kier alpha value is -5.53. The van der Waals surface area contributed by atoms with Crippen LogP contribution in [0.1, 0.15) is 71.9 Å². The molecule has 280 valence electrons. The van der Waals surface area contributed by atoms with Crippen molar-refractivity contribution < 1.29 is 4.79 Å². The zero-order valence-electron chi connectivity index (χ0n) is 32.8. The summed E-state index contributed by atoms with van der Waals surface area (Å²) in [6, 6.07) is 58.2. The van der Waals surface area contributed by atoms with Gasteiger partial charge in [0.05, 0.1) is 0 Å². The topological polar surface area (TPSA) is 17.1 Å². The minimum Gasteiger partial charge on any atom is -0.299 e. The van der Waals surface area contributed by atoms with E-state index in [0.717, 1.165) is 43.9 Å². The van der Waals surface area contributed by atoms with Crippen molar-refractivity contribution in [1.82, 2.24) is 0 Å². The molecule has 0 amide bonds. The number of Topliss-reactive ketones (excluding diaryl/α,β-unsaturated/α-hetero) is 1. The Morgan fingerprint density at radius 3 is 1.21 bits per heavy atom. The Morgan fingerprint density at radius 2 is 0.772 bits per heavy atom. The molecule has 2 saturated carbocycles. The van der Waals surface area contributed by atoms with E-state index in [1.807, 2.05) is 0 Å². The Morgan fingerprint density at radius 1 is 0.404 bits per heavy atom. The molecule has 1 nitrogen and oxygen atoms in total. The van der Waals surface area contributed by atoms with Gasteiger partial charge in [0.15, 0.2) is 0 Å². The maximum atomic E-state index is 13.3. The van der Waals surface area contributed by atoms with E-state index >= 15 is 0 Å². The van der Waals surface area contributed by atoms with Crippen LogP contribution in [-0.2, 0) is 35.9 Å². The summed E-state index contributed by atoms with van der Waals surface area (Å²) in [5.74, 6) is 2.35. The molecule has 4 aliphatic rings. The van der Waals surface area contributed by atoms with E-state index in [0.29, 0.717) is 5.78 Å². The van der Waals surface area contributed by atoms with Crippen molar-refractivity contribution in [3.05, 3.63) is 191 Å². The van der Waals surface area contributed by atoms with Crippen LogP contribution in [0.25, 0.3) is 43.1 Å². The maximum Gasteiger partial charge on any atom is 0.139 e. The standard InChI is InChI=1S/C28H26O.C28H24/c29-28-26(18-20-12-14-22-6-1-3-8-24(22)16-20)10-5-11-27(28)19-21-13-15-23-7-2-4-9-25(23)17-21;1-3-8-20-16-26-22(12-18(20)6-1)14-24-10-5-11-25-15-23-13-19-7-2-4-9-21(19)17-27(23)28(24,25)26/h1-4,6-9,12-17,26-27H,5,10-11,18-19H2;1-4,6-9,12-13,16-17,24-25H,5,10-11,14-15H2/t26-,27-;24-,25-,28?/m00/s1. The lowest BCUT2D eigenvalue weighted by Crippen LogP contribution is -2.41. The quantitative estimate of drug-likeness (QED) is 0.176. The number of benzene rings is 8. The minimum atomic E-state index is 0.162. The van der Waals surface area contributed by atoms with Gasteiger partial charge < -0.3 is 0 Å². The molecule has 0 N–H and O–H groups in total. The maximum absolute atomic E-state index is 13.3. The van der Waals surface area contributed by atoms with Crippen LogP contribution in [0, 0.1) is 23.7 Å². The first-order valence-corrected chi connectivity index (χ1v) is 21.6. The molecule has 0 aromatic heterocycles. The molecule has 1 spiro atoms. The fraction of sp³-hybridized carbons (Fsp3) is 0.268. The smallest absolute Gasteiger partial charge is 0.139 e. The molecule has 0 unspecified atom stereocenters. The normalized spacial score (nSPS) is 23.5. The molecule has 4 aliphatic carbocycles. The first kappa shape index (κ1) is 34.7. The highest BCUT2D eigenvalue weighted by atomic mass is 16.1. The van der Waals surface area contributed by atoms with E-state index in [2.05, 4.69) is 158 Å². The lowest BCUT2D eigenvalue weighted by atomic mass is 9.59. The second kappa shape index (κ2) is 14.1. The lowest BCUT2D eigenvalue weighted by molar-refractivity contribution is -0.129. The van der Waals surface area contributed by atoms with Crippen LogP contribution in [0.5, 0.6) is 0 Å². The highest BCUT2D eigenvalue weighted by Crippen LogP contribution is 2.63. The molecule has 12 rings (SSSR count). The molecular formula is C56H50O. The van der Waals surface area contributed by atoms with E-state index in [9.17, 15) is 4.79 Å². The summed E-state index contributed by atoms with van der Waals surface area (Å²) < 4.78 is 0. The van der Waals surface area contributed by atoms with Gasteiger partial charge >= 0.3 is 0 Å². The van der Waals surface area contributed by atoms with Gasteiger partial charge in [-0.25, -0.2) is 0 Å². The second-order valence-electron chi connectivity index (χ2n) is 17.8. The first-order valence-electron chi connectivity index (χ1n) is 21.6. The Balaban J connectivity index is 0.000000131. The molecule has 0 radical (unpaired) electrons. The second-order valence-corrected chi connectivity index (χ2v) is 17.8. The molecule has 0 saturated heterocycles. The summed E-state index contributed by atoms with van der Waals surface area (Å²) in [6.07, 6.45) is 11.7. The van der Waals surface area contributed by atoms with Crippen molar-refractivity contribution >= 4 is 48.9 Å². The molecule has 1 heteroatoms. The summed E-state index contributed by atoms with van der Waals surface area (Å²) in [7, 11) is 0. The fourth-order valence-electron chi connectivity index (χ4n) is 12.1. The molecule has 0 bridgehead atoms. The van der Waals surface area contributed by atoms with Crippen LogP contribution < -0.4 is 0 Å². The number of rotatable bonds is 4. The van der Waals surface area contributed by atoms with Crippen molar-refractivity contribution in [1.29, 1.82) is 0 Å². The van der Waals surface area contributed by atoms with Gasteiger partial charge in [-0.05, 0) is 152 Å². The molecule has 8 aromatic carbocycles. The van der Waals surface area contributed by atoms with E-state index in [4.69, 9.17) is 0 Å². The average molecular weight is 739 g/mol. The molecular weight excluding hydrogens is 689 g/mol. The number of carbonyl (C=O) groups excluding carboxylic acids is 1. The minimum absolute atomic E-state index is 0.162. The van der Waals surface area contributed by atoms with Gasteiger partial charge in [0.2, 0.25) is 0 Å². The summed E-state index contributed by atoms with van der Waals surface area (Å²) >= 11 is 0. The summed E-state index contributed by atoms with van der Waals surface area (Å²) in [6.45, 7) is 0.